The Morgan fingerprint density at radius 2 is 1.71 bits per heavy atom. The Labute approximate surface area is 131 Å². The molecule has 0 aromatic carbocycles. The predicted molar refractivity (Wildman–Crippen MR) is 89.4 cm³/mol. The molecule has 0 aromatic rings. The lowest BCUT2D eigenvalue weighted by Gasteiger charge is -2.50. The van der Waals surface area contributed by atoms with Gasteiger partial charge in [0.1, 0.15) is 0 Å². The summed E-state index contributed by atoms with van der Waals surface area (Å²) in [7, 11) is 0. The molecule has 1 unspecified atom stereocenters. The summed E-state index contributed by atoms with van der Waals surface area (Å²) in [6.07, 6.45) is 12.6. The van der Waals surface area contributed by atoms with Crippen LogP contribution in [0.3, 0.4) is 0 Å². The Balaban J connectivity index is 1.67. The molecule has 0 amide bonds. The first-order valence-corrected chi connectivity index (χ1v) is 9.48. The van der Waals surface area contributed by atoms with E-state index in [0.717, 1.165) is 18.5 Å². The van der Waals surface area contributed by atoms with Gasteiger partial charge in [-0.05, 0) is 77.0 Å². The van der Waals surface area contributed by atoms with Crippen molar-refractivity contribution in [1.29, 1.82) is 0 Å². The number of nitrogens with two attached hydrogens (primary N) is 1. The van der Waals surface area contributed by atoms with E-state index in [9.17, 15) is 0 Å². The Bertz CT molecular complexity index is 316. The number of rotatable bonds is 5. The summed E-state index contributed by atoms with van der Waals surface area (Å²) in [5.74, 6) is 0.976. The zero-order valence-electron chi connectivity index (χ0n) is 14.0. The van der Waals surface area contributed by atoms with Crippen LogP contribution in [0.15, 0.2) is 0 Å². The Hall–Kier alpha value is -0.120. The molecule has 2 heterocycles. The van der Waals surface area contributed by atoms with E-state index < -0.39 is 0 Å². The van der Waals surface area contributed by atoms with E-state index in [-0.39, 0.29) is 0 Å². The van der Waals surface area contributed by atoms with Crippen LogP contribution in [-0.4, -0.2) is 54.1 Å². The van der Waals surface area contributed by atoms with Crippen LogP contribution in [0, 0.1) is 5.92 Å². The molecule has 21 heavy (non-hydrogen) atoms. The van der Waals surface area contributed by atoms with Gasteiger partial charge in [-0.3, -0.25) is 4.90 Å². The van der Waals surface area contributed by atoms with E-state index in [0.29, 0.717) is 5.54 Å². The maximum absolute atomic E-state index is 6.34. The van der Waals surface area contributed by atoms with Gasteiger partial charge in [-0.25, -0.2) is 0 Å². The van der Waals surface area contributed by atoms with Gasteiger partial charge in [0.25, 0.3) is 0 Å². The summed E-state index contributed by atoms with van der Waals surface area (Å²) in [6, 6.07) is 0.855. The second-order valence-electron chi connectivity index (χ2n) is 7.72. The third kappa shape index (κ3) is 3.16. The van der Waals surface area contributed by atoms with Gasteiger partial charge in [0.15, 0.2) is 0 Å². The number of piperidine rings is 1. The topological polar surface area (TPSA) is 32.5 Å². The molecular weight excluding hydrogens is 258 g/mol. The average molecular weight is 293 g/mol. The molecule has 1 saturated carbocycles. The summed E-state index contributed by atoms with van der Waals surface area (Å²) in [6.45, 7) is 8.27. The van der Waals surface area contributed by atoms with Gasteiger partial charge in [0.2, 0.25) is 0 Å². The fourth-order valence-corrected chi connectivity index (χ4v) is 5.33. The molecule has 122 valence electrons. The van der Waals surface area contributed by atoms with E-state index in [2.05, 4.69) is 16.7 Å². The molecule has 0 aromatic heterocycles. The first kappa shape index (κ1) is 15.8. The van der Waals surface area contributed by atoms with Gasteiger partial charge >= 0.3 is 0 Å². The van der Waals surface area contributed by atoms with E-state index in [1.165, 1.54) is 84.0 Å². The first-order chi connectivity index (χ1) is 10.3. The van der Waals surface area contributed by atoms with Crippen molar-refractivity contribution in [1.82, 2.24) is 9.80 Å². The van der Waals surface area contributed by atoms with Crippen molar-refractivity contribution in [3.05, 3.63) is 0 Å². The highest BCUT2D eigenvalue weighted by molar-refractivity contribution is 5.02. The fourth-order valence-electron chi connectivity index (χ4n) is 5.33. The second kappa shape index (κ2) is 6.97. The number of nitrogens with zero attached hydrogens (tertiary/aromatic N) is 2. The maximum atomic E-state index is 6.34. The molecule has 3 rings (SSSR count). The van der Waals surface area contributed by atoms with Crippen LogP contribution in [0.1, 0.15) is 64.7 Å². The molecule has 3 aliphatic rings. The molecule has 3 fully saturated rings. The van der Waals surface area contributed by atoms with Crippen LogP contribution in [0.4, 0.5) is 0 Å². The zero-order chi connectivity index (χ0) is 14.7. The average Bonchev–Trinajstić information content (AvgIpc) is 3.19. The van der Waals surface area contributed by atoms with Crippen molar-refractivity contribution < 1.29 is 0 Å². The zero-order valence-corrected chi connectivity index (χ0v) is 14.0. The van der Waals surface area contributed by atoms with Crippen molar-refractivity contribution in [2.75, 3.05) is 32.7 Å². The summed E-state index contributed by atoms with van der Waals surface area (Å²) in [5.41, 5.74) is 6.67. The van der Waals surface area contributed by atoms with Crippen LogP contribution in [0.5, 0.6) is 0 Å². The minimum atomic E-state index is 0.327. The summed E-state index contributed by atoms with van der Waals surface area (Å²) >= 11 is 0. The summed E-state index contributed by atoms with van der Waals surface area (Å²) in [4.78, 5) is 5.54. The van der Waals surface area contributed by atoms with Crippen LogP contribution >= 0.6 is 0 Å². The van der Waals surface area contributed by atoms with Gasteiger partial charge in [-0.1, -0.05) is 19.8 Å². The number of likely N-dealkylation sites (tertiary alicyclic amines) is 2. The third-order valence-corrected chi connectivity index (χ3v) is 6.56. The normalized spacial score (nSPS) is 32.0. The molecule has 1 atom stereocenters. The lowest BCUT2D eigenvalue weighted by molar-refractivity contribution is 0.00245. The highest BCUT2D eigenvalue weighted by Crippen LogP contribution is 2.41. The van der Waals surface area contributed by atoms with E-state index in [4.69, 9.17) is 5.73 Å². The lowest BCUT2D eigenvalue weighted by atomic mass is 9.83. The first-order valence-electron chi connectivity index (χ1n) is 9.48. The van der Waals surface area contributed by atoms with Crippen molar-refractivity contribution in [2.45, 2.75) is 76.3 Å². The molecule has 2 saturated heterocycles. The van der Waals surface area contributed by atoms with Crippen LogP contribution in [0.2, 0.25) is 0 Å². The molecule has 3 nitrogen and oxygen atoms in total. The van der Waals surface area contributed by atoms with Gasteiger partial charge in [-0.2, -0.15) is 0 Å². The highest BCUT2D eigenvalue weighted by Gasteiger charge is 2.45. The monoisotopic (exact) mass is 293 g/mol. The standard InChI is InChI=1S/C18H35N3/c1-2-11-20-13-9-18(15-19,10-14-20)21-12-5-8-17(21)16-6-3-4-7-16/h16-17H,2-15,19H2,1H3. The van der Waals surface area contributed by atoms with E-state index in [1.54, 1.807) is 0 Å². The highest BCUT2D eigenvalue weighted by atomic mass is 15.3. The quantitative estimate of drug-likeness (QED) is 0.846. The number of hydrogen-bond acceptors (Lipinski definition) is 3. The molecule has 2 aliphatic heterocycles. The largest absolute Gasteiger partial charge is 0.329 e. The van der Waals surface area contributed by atoms with E-state index in [1.807, 2.05) is 0 Å². The van der Waals surface area contributed by atoms with Gasteiger partial charge in [-0.15, -0.1) is 0 Å². The Morgan fingerprint density at radius 3 is 2.33 bits per heavy atom. The minimum absolute atomic E-state index is 0.327. The lowest BCUT2D eigenvalue weighted by Crippen LogP contribution is -2.61. The number of hydrogen-bond donors (Lipinski definition) is 1. The van der Waals surface area contributed by atoms with Gasteiger partial charge in [0, 0.05) is 18.1 Å². The van der Waals surface area contributed by atoms with Crippen molar-refractivity contribution >= 4 is 0 Å². The third-order valence-electron chi connectivity index (χ3n) is 6.56. The molecule has 3 heteroatoms. The Morgan fingerprint density at radius 1 is 1.00 bits per heavy atom. The van der Waals surface area contributed by atoms with Crippen LogP contribution in [0.25, 0.3) is 0 Å². The molecular formula is C18H35N3. The predicted octanol–water partition coefficient (Wildman–Crippen LogP) is 2.84. The van der Waals surface area contributed by atoms with Crippen LogP contribution < -0.4 is 5.73 Å². The van der Waals surface area contributed by atoms with Crippen LogP contribution in [-0.2, 0) is 0 Å². The maximum Gasteiger partial charge on any atom is 0.0359 e. The summed E-state index contributed by atoms with van der Waals surface area (Å²) in [5, 5.41) is 0. The molecule has 0 spiro atoms. The van der Waals surface area contributed by atoms with E-state index >= 15 is 0 Å². The van der Waals surface area contributed by atoms with Gasteiger partial charge < -0.3 is 10.6 Å². The van der Waals surface area contributed by atoms with Crippen molar-refractivity contribution in [3.8, 4) is 0 Å². The van der Waals surface area contributed by atoms with Crippen molar-refractivity contribution in [3.63, 3.8) is 0 Å². The second-order valence-corrected chi connectivity index (χ2v) is 7.72. The minimum Gasteiger partial charge on any atom is -0.329 e. The molecule has 0 bridgehead atoms. The SMILES string of the molecule is CCCN1CCC(CN)(N2CCCC2C2CCCC2)CC1. The molecule has 2 N–H and O–H groups in total. The summed E-state index contributed by atoms with van der Waals surface area (Å²) < 4.78 is 0. The molecule has 1 aliphatic carbocycles. The van der Waals surface area contributed by atoms with Gasteiger partial charge in [0.05, 0.1) is 0 Å². The fraction of sp³-hybridized carbons (Fsp3) is 1.00. The van der Waals surface area contributed by atoms with Crippen molar-refractivity contribution in [2.24, 2.45) is 11.7 Å². The smallest absolute Gasteiger partial charge is 0.0359 e. The molecule has 0 radical (unpaired) electrons. The Kier molecular flexibility index (Phi) is 5.23.